The third kappa shape index (κ3) is 2.94. The van der Waals surface area contributed by atoms with Gasteiger partial charge in [0.2, 0.25) is 5.78 Å². The normalized spacial score (nSPS) is 32.3. The molecule has 0 saturated heterocycles. The van der Waals surface area contributed by atoms with E-state index in [0.717, 1.165) is 19.3 Å². The van der Waals surface area contributed by atoms with Gasteiger partial charge in [0.25, 0.3) is 0 Å². The molecule has 3 aliphatic carbocycles. The molecule has 5 nitrogen and oxygen atoms in total. The summed E-state index contributed by atoms with van der Waals surface area (Å²) in [4.78, 5) is 39.0. The molecule has 0 spiro atoms. The maximum Gasteiger partial charge on any atom is 0.303 e. The second-order valence-electron chi connectivity index (χ2n) is 9.69. The van der Waals surface area contributed by atoms with Crippen molar-refractivity contribution in [2.45, 2.75) is 73.3 Å². The van der Waals surface area contributed by atoms with E-state index in [2.05, 4.69) is 20.8 Å². The second-order valence-corrected chi connectivity index (χ2v) is 9.69. The first-order chi connectivity index (χ1) is 13.0. The summed E-state index contributed by atoms with van der Waals surface area (Å²) in [6.07, 6.45) is 2.80. The van der Waals surface area contributed by atoms with Crippen molar-refractivity contribution >= 4 is 17.5 Å². The zero-order valence-electron chi connectivity index (χ0n) is 18.1. The van der Waals surface area contributed by atoms with Crippen LogP contribution in [-0.4, -0.2) is 30.7 Å². The summed E-state index contributed by atoms with van der Waals surface area (Å²) in [7, 11) is 1.45. The van der Waals surface area contributed by atoms with Crippen LogP contribution >= 0.6 is 0 Å². The third-order valence-electron chi connectivity index (χ3n) is 7.10. The number of esters is 1. The van der Waals surface area contributed by atoms with E-state index in [1.54, 1.807) is 0 Å². The molecule has 1 fully saturated rings. The number of fused-ring (bicyclic) bond motifs is 2. The van der Waals surface area contributed by atoms with E-state index in [9.17, 15) is 14.4 Å². The van der Waals surface area contributed by atoms with Crippen molar-refractivity contribution in [2.24, 2.45) is 22.7 Å². The fourth-order valence-electron chi connectivity index (χ4n) is 5.96. The van der Waals surface area contributed by atoms with E-state index in [4.69, 9.17) is 9.47 Å². The fraction of sp³-hybridized carbons (Fsp3) is 0.696. The van der Waals surface area contributed by atoms with E-state index in [1.165, 1.54) is 14.0 Å². The minimum atomic E-state index is -0.674. The molecule has 0 aromatic heterocycles. The van der Waals surface area contributed by atoms with Gasteiger partial charge >= 0.3 is 5.97 Å². The Hall–Kier alpha value is -1.91. The van der Waals surface area contributed by atoms with E-state index >= 15 is 0 Å². The Bertz CT molecular complexity index is 798. The van der Waals surface area contributed by atoms with E-state index in [-0.39, 0.29) is 34.6 Å². The molecule has 3 atom stereocenters. The Morgan fingerprint density at radius 2 is 1.75 bits per heavy atom. The summed E-state index contributed by atoms with van der Waals surface area (Å²) < 4.78 is 11.1. The van der Waals surface area contributed by atoms with Crippen LogP contribution in [0, 0.1) is 22.7 Å². The topological polar surface area (TPSA) is 69.7 Å². The van der Waals surface area contributed by atoms with Gasteiger partial charge < -0.3 is 9.47 Å². The quantitative estimate of drug-likeness (QED) is 0.536. The van der Waals surface area contributed by atoms with Crippen LogP contribution < -0.4 is 0 Å². The molecule has 3 rings (SSSR count). The Labute approximate surface area is 167 Å². The van der Waals surface area contributed by atoms with Crippen molar-refractivity contribution < 1.29 is 23.9 Å². The number of carbonyl (C=O) groups excluding carboxylic acids is 3. The van der Waals surface area contributed by atoms with Gasteiger partial charge in [-0.1, -0.05) is 41.0 Å². The summed E-state index contributed by atoms with van der Waals surface area (Å²) in [6.45, 7) is 11.7. The number of methoxy groups -OCH3 is 1. The molecule has 0 radical (unpaired) electrons. The highest BCUT2D eigenvalue weighted by Crippen LogP contribution is 2.61. The number of ether oxygens (including phenoxy) is 2. The number of hydrogen-bond donors (Lipinski definition) is 0. The van der Waals surface area contributed by atoms with Crippen LogP contribution in [0.3, 0.4) is 0 Å². The average molecular weight is 389 g/mol. The largest absolute Gasteiger partial charge is 0.492 e. The SMILES string of the molecule is COC1=C(C(C)C)C(=O)C2=C(C1=O)[C@@]1(C)CCCC(C)(C)[C@@H]1C[C@H]2OC(C)=O. The van der Waals surface area contributed by atoms with Crippen LogP contribution in [-0.2, 0) is 23.9 Å². The minimum absolute atomic E-state index is 0.0114. The first kappa shape index (κ1) is 20.8. The lowest BCUT2D eigenvalue weighted by molar-refractivity contribution is -0.149. The van der Waals surface area contributed by atoms with Gasteiger partial charge in [0.05, 0.1) is 7.11 Å². The summed E-state index contributed by atoms with van der Waals surface area (Å²) in [6, 6.07) is 0. The van der Waals surface area contributed by atoms with Crippen LogP contribution in [0.2, 0.25) is 0 Å². The van der Waals surface area contributed by atoms with Crippen LogP contribution in [0.1, 0.15) is 67.2 Å². The van der Waals surface area contributed by atoms with E-state index in [0.29, 0.717) is 23.1 Å². The Balaban J connectivity index is 2.27. The maximum atomic E-state index is 13.6. The highest BCUT2D eigenvalue weighted by atomic mass is 16.5. The summed E-state index contributed by atoms with van der Waals surface area (Å²) in [5.74, 6) is -0.690. The number of allylic oxidation sites excluding steroid dienone is 2. The summed E-state index contributed by atoms with van der Waals surface area (Å²) in [5, 5.41) is 0. The van der Waals surface area contributed by atoms with E-state index in [1.807, 2.05) is 13.8 Å². The van der Waals surface area contributed by atoms with Gasteiger partial charge in [-0.05, 0) is 36.5 Å². The molecule has 0 heterocycles. The maximum absolute atomic E-state index is 13.6. The molecular weight excluding hydrogens is 356 g/mol. The van der Waals surface area contributed by atoms with Crippen molar-refractivity contribution in [3.63, 3.8) is 0 Å². The Morgan fingerprint density at radius 1 is 1.11 bits per heavy atom. The Morgan fingerprint density at radius 3 is 2.29 bits per heavy atom. The number of Topliss-reactive ketones (excluding diaryl/α,β-unsaturated/α-hetero) is 2. The first-order valence-corrected chi connectivity index (χ1v) is 10.2. The molecule has 28 heavy (non-hydrogen) atoms. The van der Waals surface area contributed by atoms with Gasteiger partial charge in [-0.15, -0.1) is 0 Å². The molecule has 0 aromatic carbocycles. The van der Waals surface area contributed by atoms with Crippen molar-refractivity contribution in [1.82, 2.24) is 0 Å². The number of hydrogen-bond acceptors (Lipinski definition) is 5. The molecule has 154 valence electrons. The van der Waals surface area contributed by atoms with Crippen LogP contribution in [0.5, 0.6) is 0 Å². The van der Waals surface area contributed by atoms with Crippen molar-refractivity contribution in [3.05, 3.63) is 22.5 Å². The van der Waals surface area contributed by atoms with Gasteiger partial charge in [0, 0.05) is 29.1 Å². The molecule has 0 aliphatic heterocycles. The van der Waals surface area contributed by atoms with Crippen molar-refractivity contribution in [1.29, 1.82) is 0 Å². The zero-order chi connectivity index (χ0) is 21.0. The molecule has 0 bridgehead atoms. The molecule has 3 aliphatic rings. The summed E-state index contributed by atoms with van der Waals surface area (Å²) >= 11 is 0. The predicted octanol–water partition coefficient (Wildman–Crippen LogP) is 4.16. The van der Waals surface area contributed by atoms with Crippen LogP contribution in [0.25, 0.3) is 0 Å². The standard InChI is InChI=1S/C23H32O5/c1-12(2)16-19(25)17-14(28-13(3)24)11-15-22(4,5)9-8-10-23(15,6)18(17)20(26)21(16)27-7/h12,14-15H,8-11H2,1-7H3/t14-,15+,23+/m1/s1. The molecular formula is C23H32O5. The average Bonchev–Trinajstić information content (AvgIpc) is 2.56. The molecule has 1 saturated carbocycles. The molecule has 0 amide bonds. The smallest absolute Gasteiger partial charge is 0.303 e. The number of ketones is 2. The van der Waals surface area contributed by atoms with E-state index < -0.39 is 17.5 Å². The summed E-state index contributed by atoms with van der Waals surface area (Å²) in [5.41, 5.74) is 0.866. The highest BCUT2D eigenvalue weighted by Gasteiger charge is 2.58. The zero-order valence-corrected chi connectivity index (χ0v) is 18.1. The fourth-order valence-corrected chi connectivity index (χ4v) is 5.96. The van der Waals surface area contributed by atoms with Gasteiger partial charge in [0.1, 0.15) is 6.10 Å². The van der Waals surface area contributed by atoms with Gasteiger partial charge in [0.15, 0.2) is 11.5 Å². The lowest BCUT2D eigenvalue weighted by Gasteiger charge is -2.56. The predicted molar refractivity (Wildman–Crippen MR) is 105 cm³/mol. The minimum Gasteiger partial charge on any atom is -0.492 e. The first-order valence-electron chi connectivity index (χ1n) is 10.2. The number of carbonyl (C=O) groups is 3. The van der Waals surface area contributed by atoms with Gasteiger partial charge in [-0.25, -0.2) is 0 Å². The monoisotopic (exact) mass is 388 g/mol. The van der Waals surface area contributed by atoms with Gasteiger partial charge in [-0.2, -0.15) is 0 Å². The molecule has 0 unspecified atom stereocenters. The molecule has 0 N–H and O–H groups in total. The lowest BCUT2D eigenvalue weighted by Crippen LogP contribution is -2.53. The second kappa shape index (κ2) is 6.85. The Kier molecular flexibility index (Phi) is 5.10. The highest BCUT2D eigenvalue weighted by molar-refractivity contribution is 6.25. The van der Waals surface area contributed by atoms with Crippen LogP contribution in [0.4, 0.5) is 0 Å². The van der Waals surface area contributed by atoms with Crippen molar-refractivity contribution in [3.8, 4) is 0 Å². The molecule has 0 aromatic rings. The van der Waals surface area contributed by atoms with Crippen molar-refractivity contribution in [2.75, 3.05) is 7.11 Å². The van der Waals surface area contributed by atoms with Gasteiger partial charge in [-0.3, -0.25) is 14.4 Å². The number of rotatable bonds is 3. The lowest BCUT2D eigenvalue weighted by atomic mass is 9.48. The third-order valence-corrected chi connectivity index (χ3v) is 7.10. The van der Waals surface area contributed by atoms with Crippen LogP contribution in [0.15, 0.2) is 22.5 Å². The molecule has 5 heteroatoms.